The highest BCUT2D eigenvalue weighted by Crippen LogP contribution is 2.28. The van der Waals surface area contributed by atoms with Gasteiger partial charge in [0.2, 0.25) is 0 Å². The van der Waals surface area contributed by atoms with Crippen LogP contribution in [-0.2, 0) is 9.53 Å². The van der Waals surface area contributed by atoms with Crippen molar-refractivity contribution in [3.63, 3.8) is 0 Å². The molecule has 0 aliphatic heterocycles. The number of amides is 1. The Morgan fingerprint density at radius 2 is 1.95 bits per heavy atom. The van der Waals surface area contributed by atoms with Crippen LogP contribution in [0, 0.1) is 5.92 Å². The van der Waals surface area contributed by atoms with E-state index in [1.54, 1.807) is 0 Å². The van der Waals surface area contributed by atoms with Gasteiger partial charge in [0.1, 0.15) is 11.9 Å². The van der Waals surface area contributed by atoms with Crippen LogP contribution in [0.1, 0.15) is 65.7 Å². The fourth-order valence-electron chi connectivity index (χ4n) is 2.67. The first kappa shape index (κ1) is 16.0. The summed E-state index contributed by atoms with van der Waals surface area (Å²) >= 11 is 0. The molecular formula is C15H27NO3. The van der Waals surface area contributed by atoms with E-state index in [4.69, 9.17) is 4.74 Å². The van der Waals surface area contributed by atoms with Gasteiger partial charge in [0.05, 0.1) is 0 Å². The van der Waals surface area contributed by atoms with Crippen LogP contribution in [0.4, 0.5) is 4.79 Å². The molecule has 0 aromatic heterocycles. The lowest BCUT2D eigenvalue weighted by Gasteiger charge is -2.31. The molecule has 1 atom stereocenters. The van der Waals surface area contributed by atoms with E-state index in [9.17, 15) is 9.59 Å². The highest BCUT2D eigenvalue weighted by atomic mass is 16.6. The number of ether oxygens (including phenoxy) is 1. The van der Waals surface area contributed by atoms with Crippen LogP contribution in [0.15, 0.2) is 0 Å². The van der Waals surface area contributed by atoms with E-state index < -0.39 is 5.60 Å². The molecule has 0 radical (unpaired) electrons. The van der Waals surface area contributed by atoms with Gasteiger partial charge < -0.3 is 14.8 Å². The van der Waals surface area contributed by atoms with Crippen molar-refractivity contribution in [1.82, 2.24) is 5.32 Å². The second-order valence-corrected chi connectivity index (χ2v) is 6.39. The second kappa shape index (κ2) is 7.51. The standard InChI is InChI=1S/C15H27NO3/c1-15(2,3)19-14(18)16-13(10-7-11-17)12-8-5-4-6-9-12/h11-13H,4-10H2,1-3H3,(H,16,18)/t13-/m0/s1. The monoisotopic (exact) mass is 269 g/mol. The lowest BCUT2D eigenvalue weighted by molar-refractivity contribution is -0.108. The largest absolute Gasteiger partial charge is 0.444 e. The lowest BCUT2D eigenvalue weighted by atomic mass is 9.82. The minimum absolute atomic E-state index is 0.0698. The van der Waals surface area contributed by atoms with Crippen molar-refractivity contribution < 1.29 is 14.3 Å². The number of rotatable bonds is 5. The topological polar surface area (TPSA) is 55.4 Å². The Hall–Kier alpha value is -1.06. The van der Waals surface area contributed by atoms with Gasteiger partial charge in [-0.1, -0.05) is 19.3 Å². The molecule has 4 heteroatoms. The van der Waals surface area contributed by atoms with Gasteiger partial charge in [0.25, 0.3) is 0 Å². The molecule has 1 N–H and O–H groups in total. The quantitative estimate of drug-likeness (QED) is 0.778. The predicted molar refractivity (Wildman–Crippen MR) is 75.0 cm³/mol. The Kier molecular flexibility index (Phi) is 6.32. The average Bonchev–Trinajstić information content (AvgIpc) is 2.33. The van der Waals surface area contributed by atoms with Crippen LogP contribution in [0.2, 0.25) is 0 Å². The molecule has 0 aromatic rings. The van der Waals surface area contributed by atoms with Crippen molar-refractivity contribution >= 4 is 12.4 Å². The van der Waals surface area contributed by atoms with Gasteiger partial charge >= 0.3 is 6.09 Å². The number of alkyl carbamates (subject to hydrolysis) is 1. The molecule has 0 aromatic carbocycles. The summed E-state index contributed by atoms with van der Waals surface area (Å²) in [7, 11) is 0. The Balaban J connectivity index is 2.52. The van der Waals surface area contributed by atoms with E-state index in [2.05, 4.69) is 5.32 Å². The molecule has 0 spiro atoms. The van der Waals surface area contributed by atoms with Crippen LogP contribution in [0.3, 0.4) is 0 Å². The summed E-state index contributed by atoms with van der Waals surface area (Å²) in [5, 5.41) is 2.96. The SMILES string of the molecule is CC(C)(C)OC(=O)N[C@@H](CCC=O)C1CCCCC1. The van der Waals surface area contributed by atoms with Gasteiger partial charge in [0.15, 0.2) is 0 Å². The maximum atomic E-state index is 11.9. The van der Waals surface area contributed by atoms with Gasteiger partial charge in [-0.2, -0.15) is 0 Å². The van der Waals surface area contributed by atoms with E-state index in [1.807, 2.05) is 20.8 Å². The summed E-state index contributed by atoms with van der Waals surface area (Å²) in [6.45, 7) is 5.56. The van der Waals surface area contributed by atoms with Gasteiger partial charge in [-0.05, 0) is 46.0 Å². The Labute approximate surface area is 116 Å². The first-order valence-electron chi connectivity index (χ1n) is 7.35. The summed E-state index contributed by atoms with van der Waals surface area (Å²) in [6.07, 6.45) is 7.77. The number of hydrogen-bond acceptors (Lipinski definition) is 3. The van der Waals surface area contributed by atoms with Crippen LogP contribution in [0.25, 0.3) is 0 Å². The van der Waals surface area contributed by atoms with Crippen LogP contribution in [0.5, 0.6) is 0 Å². The van der Waals surface area contributed by atoms with E-state index in [-0.39, 0.29) is 12.1 Å². The van der Waals surface area contributed by atoms with Crippen LogP contribution >= 0.6 is 0 Å². The lowest BCUT2D eigenvalue weighted by Crippen LogP contribution is -2.43. The average molecular weight is 269 g/mol. The molecule has 0 unspecified atom stereocenters. The molecule has 1 aliphatic rings. The zero-order chi connectivity index (χ0) is 14.3. The fraction of sp³-hybridized carbons (Fsp3) is 0.867. The van der Waals surface area contributed by atoms with E-state index in [1.165, 1.54) is 19.3 Å². The van der Waals surface area contributed by atoms with Crippen LogP contribution in [-0.4, -0.2) is 24.0 Å². The highest BCUT2D eigenvalue weighted by Gasteiger charge is 2.26. The molecule has 4 nitrogen and oxygen atoms in total. The van der Waals surface area contributed by atoms with Gasteiger partial charge in [-0.15, -0.1) is 0 Å². The number of hydrogen-bond donors (Lipinski definition) is 1. The van der Waals surface area contributed by atoms with Crippen molar-refractivity contribution in [2.75, 3.05) is 0 Å². The van der Waals surface area contributed by atoms with Crippen molar-refractivity contribution in [3.8, 4) is 0 Å². The number of aldehydes is 1. The normalized spacial score (nSPS) is 18.7. The molecule has 0 heterocycles. The van der Waals surface area contributed by atoms with Crippen molar-refractivity contribution in [3.05, 3.63) is 0 Å². The summed E-state index contributed by atoms with van der Waals surface area (Å²) in [4.78, 5) is 22.4. The third-order valence-electron chi connectivity index (χ3n) is 3.52. The van der Waals surface area contributed by atoms with Crippen molar-refractivity contribution in [2.24, 2.45) is 5.92 Å². The van der Waals surface area contributed by atoms with E-state index >= 15 is 0 Å². The molecule has 0 saturated heterocycles. The van der Waals surface area contributed by atoms with E-state index in [0.29, 0.717) is 18.8 Å². The fourth-order valence-corrected chi connectivity index (χ4v) is 2.67. The van der Waals surface area contributed by atoms with Gasteiger partial charge in [0, 0.05) is 12.5 Å². The molecule has 1 aliphatic carbocycles. The molecule has 0 bridgehead atoms. The minimum atomic E-state index is -0.480. The maximum absolute atomic E-state index is 11.9. The molecule has 1 amide bonds. The Morgan fingerprint density at radius 3 is 2.47 bits per heavy atom. The molecule has 1 fully saturated rings. The maximum Gasteiger partial charge on any atom is 0.407 e. The highest BCUT2D eigenvalue weighted by molar-refractivity contribution is 5.68. The zero-order valence-electron chi connectivity index (χ0n) is 12.4. The first-order chi connectivity index (χ1) is 8.92. The zero-order valence-corrected chi connectivity index (χ0v) is 12.4. The van der Waals surface area contributed by atoms with Crippen molar-refractivity contribution in [1.29, 1.82) is 0 Å². The molecular weight excluding hydrogens is 242 g/mol. The van der Waals surface area contributed by atoms with E-state index in [0.717, 1.165) is 19.1 Å². The summed E-state index contributed by atoms with van der Waals surface area (Å²) in [5.41, 5.74) is -0.480. The Bertz CT molecular complexity index is 290. The smallest absolute Gasteiger partial charge is 0.407 e. The first-order valence-corrected chi connectivity index (χ1v) is 7.35. The summed E-state index contributed by atoms with van der Waals surface area (Å²) in [6, 6.07) is 0.0698. The van der Waals surface area contributed by atoms with Crippen LogP contribution < -0.4 is 5.32 Å². The molecule has 1 rings (SSSR count). The third-order valence-corrected chi connectivity index (χ3v) is 3.52. The summed E-state index contributed by atoms with van der Waals surface area (Å²) < 4.78 is 5.30. The second-order valence-electron chi connectivity index (χ2n) is 6.39. The number of nitrogens with one attached hydrogen (secondary N) is 1. The number of carbonyl (C=O) groups excluding carboxylic acids is 2. The minimum Gasteiger partial charge on any atom is -0.444 e. The summed E-state index contributed by atoms with van der Waals surface area (Å²) in [5.74, 6) is 0.487. The molecule has 110 valence electrons. The molecule has 19 heavy (non-hydrogen) atoms. The van der Waals surface area contributed by atoms with Gasteiger partial charge in [-0.3, -0.25) is 0 Å². The Morgan fingerprint density at radius 1 is 1.32 bits per heavy atom. The predicted octanol–water partition coefficient (Wildman–Crippen LogP) is 3.44. The van der Waals surface area contributed by atoms with Crippen molar-refractivity contribution in [2.45, 2.75) is 77.4 Å². The third kappa shape index (κ3) is 6.60. The van der Waals surface area contributed by atoms with Gasteiger partial charge in [-0.25, -0.2) is 4.79 Å². The molecule has 1 saturated carbocycles. The number of carbonyl (C=O) groups is 2.